The standard InChI is InChI=1S/C26H30N2O3/c1-18-16-28(17-19-8-9-20-6-4-5-7-21(20)12-19)11-10-25(18)27-26(29)22-13-23(30-2)15-24(14-22)31-3/h4-9,12-15,18,25H,10-11,16-17H2,1-3H3,(H,27,29)/t18-,25+/m0/s1. The second kappa shape index (κ2) is 9.40. The summed E-state index contributed by atoms with van der Waals surface area (Å²) in [7, 11) is 3.17. The van der Waals surface area contributed by atoms with Gasteiger partial charge in [0.25, 0.3) is 5.91 Å². The predicted octanol–water partition coefficient (Wildman–Crippen LogP) is 4.50. The maximum absolute atomic E-state index is 12.9. The van der Waals surface area contributed by atoms with Gasteiger partial charge < -0.3 is 14.8 Å². The molecule has 1 aliphatic heterocycles. The highest BCUT2D eigenvalue weighted by molar-refractivity contribution is 5.95. The van der Waals surface area contributed by atoms with Crippen LogP contribution in [0.1, 0.15) is 29.3 Å². The summed E-state index contributed by atoms with van der Waals surface area (Å²) in [6, 6.07) is 20.6. The lowest BCUT2D eigenvalue weighted by Gasteiger charge is -2.37. The highest BCUT2D eigenvalue weighted by Gasteiger charge is 2.27. The van der Waals surface area contributed by atoms with Crippen LogP contribution in [-0.4, -0.2) is 44.2 Å². The van der Waals surface area contributed by atoms with Gasteiger partial charge >= 0.3 is 0 Å². The number of carbonyl (C=O) groups is 1. The van der Waals surface area contributed by atoms with Gasteiger partial charge in [-0.3, -0.25) is 9.69 Å². The van der Waals surface area contributed by atoms with E-state index in [1.54, 1.807) is 32.4 Å². The third kappa shape index (κ3) is 5.00. The molecular formula is C26H30N2O3. The van der Waals surface area contributed by atoms with Gasteiger partial charge in [0.05, 0.1) is 14.2 Å². The van der Waals surface area contributed by atoms with E-state index in [1.807, 2.05) is 0 Å². The van der Waals surface area contributed by atoms with Crippen molar-refractivity contribution in [1.29, 1.82) is 0 Å². The Balaban J connectivity index is 1.37. The van der Waals surface area contributed by atoms with Crippen LogP contribution in [0.3, 0.4) is 0 Å². The van der Waals surface area contributed by atoms with E-state index in [-0.39, 0.29) is 11.9 Å². The van der Waals surface area contributed by atoms with Crippen molar-refractivity contribution < 1.29 is 14.3 Å². The fourth-order valence-corrected chi connectivity index (χ4v) is 4.38. The van der Waals surface area contributed by atoms with E-state index in [9.17, 15) is 4.79 Å². The fourth-order valence-electron chi connectivity index (χ4n) is 4.38. The Kier molecular flexibility index (Phi) is 6.42. The van der Waals surface area contributed by atoms with Gasteiger partial charge in [0.2, 0.25) is 0 Å². The number of rotatable bonds is 6. The molecule has 1 aliphatic rings. The number of methoxy groups -OCH3 is 2. The lowest BCUT2D eigenvalue weighted by atomic mass is 9.93. The number of fused-ring (bicyclic) bond motifs is 1. The average molecular weight is 419 g/mol. The third-order valence-corrected chi connectivity index (χ3v) is 6.14. The normalized spacial score (nSPS) is 19.2. The van der Waals surface area contributed by atoms with Crippen LogP contribution in [0, 0.1) is 5.92 Å². The maximum atomic E-state index is 12.9. The van der Waals surface area contributed by atoms with Gasteiger partial charge in [-0.1, -0.05) is 43.3 Å². The number of hydrogen-bond donors (Lipinski definition) is 1. The highest BCUT2D eigenvalue weighted by atomic mass is 16.5. The van der Waals surface area contributed by atoms with Crippen molar-refractivity contribution in [2.45, 2.75) is 25.9 Å². The molecule has 1 saturated heterocycles. The van der Waals surface area contributed by atoms with Crippen LogP contribution < -0.4 is 14.8 Å². The fraction of sp³-hybridized carbons (Fsp3) is 0.346. The average Bonchev–Trinajstić information content (AvgIpc) is 2.80. The summed E-state index contributed by atoms with van der Waals surface area (Å²) < 4.78 is 10.6. The second-order valence-corrected chi connectivity index (χ2v) is 8.36. The van der Waals surface area contributed by atoms with Gasteiger partial charge in [-0.2, -0.15) is 0 Å². The van der Waals surface area contributed by atoms with Gasteiger partial charge in [0.1, 0.15) is 11.5 Å². The largest absolute Gasteiger partial charge is 0.497 e. The summed E-state index contributed by atoms with van der Waals surface area (Å²) in [5.41, 5.74) is 1.89. The first-order valence-corrected chi connectivity index (χ1v) is 10.8. The third-order valence-electron chi connectivity index (χ3n) is 6.14. The molecule has 3 aromatic rings. The van der Waals surface area contributed by atoms with E-state index in [2.05, 4.69) is 59.6 Å². The summed E-state index contributed by atoms with van der Waals surface area (Å²) in [6.07, 6.45) is 0.932. The number of benzene rings is 3. The molecule has 0 radical (unpaired) electrons. The first-order valence-electron chi connectivity index (χ1n) is 10.8. The molecule has 5 heteroatoms. The zero-order valence-electron chi connectivity index (χ0n) is 18.4. The van der Waals surface area contributed by atoms with E-state index < -0.39 is 0 Å². The Morgan fingerprint density at radius 2 is 1.71 bits per heavy atom. The van der Waals surface area contributed by atoms with Crippen LogP contribution in [0.4, 0.5) is 0 Å². The molecule has 0 spiro atoms. The molecule has 0 unspecified atom stereocenters. The predicted molar refractivity (Wildman–Crippen MR) is 124 cm³/mol. The summed E-state index contributed by atoms with van der Waals surface area (Å²) in [5.74, 6) is 1.51. The van der Waals surface area contributed by atoms with E-state index in [0.29, 0.717) is 23.0 Å². The van der Waals surface area contributed by atoms with E-state index in [4.69, 9.17) is 9.47 Å². The molecule has 0 bridgehead atoms. The number of amides is 1. The van der Waals surface area contributed by atoms with Crippen molar-refractivity contribution in [3.8, 4) is 11.5 Å². The van der Waals surface area contributed by atoms with Gasteiger partial charge in [0.15, 0.2) is 0 Å². The van der Waals surface area contributed by atoms with Gasteiger partial charge in [-0.05, 0) is 46.9 Å². The van der Waals surface area contributed by atoms with E-state index in [0.717, 1.165) is 26.1 Å². The molecule has 0 aliphatic carbocycles. The smallest absolute Gasteiger partial charge is 0.251 e. The van der Waals surface area contributed by atoms with Crippen LogP contribution in [0.5, 0.6) is 11.5 Å². The molecule has 3 aromatic carbocycles. The number of piperidine rings is 1. The van der Waals surface area contributed by atoms with Crippen molar-refractivity contribution in [3.63, 3.8) is 0 Å². The van der Waals surface area contributed by atoms with Crippen molar-refractivity contribution in [1.82, 2.24) is 10.2 Å². The molecule has 1 heterocycles. The number of carbonyl (C=O) groups excluding carboxylic acids is 1. The van der Waals surface area contributed by atoms with Crippen molar-refractivity contribution in [2.75, 3.05) is 27.3 Å². The summed E-state index contributed by atoms with van der Waals surface area (Å²) in [4.78, 5) is 15.3. The Labute approximate surface area is 184 Å². The number of likely N-dealkylation sites (tertiary alicyclic amines) is 1. The molecule has 4 rings (SSSR count). The molecule has 1 amide bonds. The Morgan fingerprint density at radius 3 is 2.39 bits per heavy atom. The molecule has 2 atom stereocenters. The molecule has 0 saturated carbocycles. The summed E-state index contributed by atoms with van der Waals surface area (Å²) in [5, 5.41) is 5.77. The first-order chi connectivity index (χ1) is 15.1. The number of ether oxygens (including phenoxy) is 2. The van der Waals surface area contributed by atoms with Gasteiger partial charge in [-0.25, -0.2) is 0 Å². The number of hydrogen-bond acceptors (Lipinski definition) is 4. The van der Waals surface area contributed by atoms with Crippen molar-refractivity contribution in [3.05, 3.63) is 71.8 Å². The molecule has 0 aromatic heterocycles. The molecule has 5 nitrogen and oxygen atoms in total. The van der Waals surface area contributed by atoms with Crippen molar-refractivity contribution >= 4 is 16.7 Å². The zero-order chi connectivity index (χ0) is 21.8. The number of nitrogens with one attached hydrogen (secondary N) is 1. The molecule has 162 valence electrons. The van der Waals surface area contributed by atoms with Gasteiger partial charge in [-0.15, -0.1) is 0 Å². The van der Waals surface area contributed by atoms with Crippen LogP contribution >= 0.6 is 0 Å². The molecular weight excluding hydrogens is 388 g/mol. The van der Waals surface area contributed by atoms with Crippen LogP contribution in [0.15, 0.2) is 60.7 Å². The first kappa shape index (κ1) is 21.2. The lowest BCUT2D eigenvalue weighted by molar-refractivity contribution is 0.0860. The zero-order valence-corrected chi connectivity index (χ0v) is 18.4. The molecule has 1 N–H and O–H groups in total. The van der Waals surface area contributed by atoms with Crippen LogP contribution in [0.25, 0.3) is 10.8 Å². The minimum Gasteiger partial charge on any atom is -0.497 e. The maximum Gasteiger partial charge on any atom is 0.251 e. The Bertz CT molecular complexity index is 1040. The molecule has 1 fully saturated rings. The van der Waals surface area contributed by atoms with E-state index >= 15 is 0 Å². The minimum absolute atomic E-state index is 0.0861. The quantitative estimate of drug-likeness (QED) is 0.641. The number of nitrogens with zero attached hydrogens (tertiary/aromatic N) is 1. The Hall–Kier alpha value is -3.05. The van der Waals surface area contributed by atoms with Gasteiger partial charge in [0, 0.05) is 37.3 Å². The van der Waals surface area contributed by atoms with E-state index in [1.165, 1.54) is 16.3 Å². The lowest BCUT2D eigenvalue weighted by Crippen LogP contribution is -2.49. The monoisotopic (exact) mass is 418 g/mol. The summed E-state index contributed by atoms with van der Waals surface area (Å²) in [6.45, 7) is 5.06. The second-order valence-electron chi connectivity index (χ2n) is 8.36. The van der Waals surface area contributed by atoms with Crippen LogP contribution in [-0.2, 0) is 6.54 Å². The van der Waals surface area contributed by atoms with Crippen molar-refractivity contribution in [2.24, 2.45) is 5.92 Å². The topological polar surface area (TPSA) is 50.8 Å². The van der Waals surface area contributed by atoms with Crippen LogP contribution in [0.2, 0.25) is 0 Å². The SMILES string of the molecule is COc1cc(OC)cc(C(=O)N[C@@H]2CCN(Cc3ccc4ccccc4c3)C[C@@H]2C)c1. The minimum atomic E-state index is -0.0861. The summed E-state index contributed by atoms with van der Waals surface area (Å²) >= 11 is 0. The molecule has 31 heavy (non-hydrogen) atoms. The highest BCUT2D eigenvalue weighted by Crippen LogP contribution is 2.24. The Morgan fingerprint density at radius 1 is 1.00 bits per heavy atom.